The van der Waals surface area contributed by atoms with Crippen LogP contribution in [-0.4, -0.2) is 12.4 Å². The molecule has 0 spiro atoms. The molecule has 0 heterocycles. The summed E-state index contributed by atoms with van der Waals surface area (Å²) in [4.78, 5) is 10.5. The molecule has 0 saturated heterocycles. The first-order chi connectivity index (χ1) is 7.13. The molecular weight excluding hydrogens is 188 g/mol. The summed E-state index contributed by atoms with van der Waals surface area (Å²) in [6.07, 6.45) is 7.53. The molecule has 15 heavy (non-hydrogen) atoms. The van der Waals surface area contributed by atoms with E-state index in [9.17, 15) is 4.79 Å². The van der Waals surface area contributed by atoms with Gasteiger partial charge in [-0.05, 0) is 43.8 Å². The van der Waals surface area contributed by atoms with Gasteiger partial charge in [-0.15, -0.1) is 0 Å². The van der Waals surface area contributed by atoms with Crippen molar-refractivity contribution in [3.63, 3.8) is 0 Å². The monoisotopic (exact) mass is 206 g/mol. The van der Waals surface area contributed by atoms with Crippen molar-refractivity contribution in [2.45, 2.75) is 32.3 Å². The Labute approximate surface area is 91.3 Å². The Kier molecular flexibility index (Phi) is 4.35. The number of aldehydes is 1. The van der Waals surface area contributed by atoms with Crippen molar-refractivity contribution < 1.29 is 9.53 Å². The number of hydrogen-bond acceptors (Lipinski definition) is 2. The summed E-state index contributed by atoms with van der Waals surface area (Å²) in [6.45, 7) is 9.41. The summed E-state index contributed by atoms with van der Waals surface area (Å²) in [6, 6.07) is 0. The van der Waals surface area contributed by atoms with Gasteiger partial charge in [-0.3, -0.25) is 4.79 Å². The molecule has 0 aromatic rings. The minimum absolute atomic E-state index is 0.224. The van der Waals surface area contributed by atoms with Gasteiger partial charge in [0.05, 0.1) is 12.4 Å². The number of hydrogen-bond donors (Lipinski definition) is 0. The molecule has 1 rings (SSSR count). The zero-order chi connectivity index (χ0) is 11.3. The first-order valence-electron chi connectivity index (χ1n) is 5.25. The van der Waals surface area contributed by atoms with Crippen LogP contribution in [0.1, 0.15) is 26.2 Å². The van der Waals surface area contributed by atoms with Gasteiger partial charge in [-0.25, -0.2) is 0 Å². The van der Waals surface area contributed by atoms with E-state index in [1.165, 1.54) is 0 Å². The van der Waals surface area contributed by atoms with Crippen molar-refractivity contribution in [1.82, 2.24) is 0 Å². The Morgan fingerprint density at radius 2 is 2.13 bits per heavy atom. The predicted molar refractivity (Wildman–Crippen MR) is 61.4 cm³/mol. The van der Waals surface area contributed by atoms with Crippen LogP contribution in [0.5, 0.6) is 0 Å². The standard InChI is InChI=1S/C13H18O2/c1-10(2)6-7-15-13-5-4-12(8-13)11(3)9-14/h6-7,9,12-13H,1,3-5,8H2,2H3/b7-6-. The van der Waals surface area contributed by atoms with Crippen LogP contribution in [0, 0.1) is 5.92 Å². The molecule has 1 aliphatic carbocycles. The zero-order valence-electron chi connectivity index (χ0n) is 9.24. The average Bonchev–Trinajstić information content (AvgIpc) is 2.65. The maximum atomic E-state index is 10.5. The highest BCUT2D eigenvalue weighted by molar-refractivity contribution is 5.72. The van der Waals surface area contributed by atoms with Crippen LogP contribution in [0.25, 0.3) is 0 Å². The average molecular weight is 206 g/mol. The van der Waals surface area contributed by atoms with Crippen LogP contribution < -0.4 is 0 Å². The number of ether oxygens (including phenoxy) is 1. The molecule has 1 saturated carbocycles. The van der Waals surface area contributed by atoms with E-state index in [0.29, 0.717) is 11.5 Å². The molecule has 0 amide bonds. The van der Waals surface area contributed by atoms with Gasteiger partial charge in [0, 0.05) is 0 Å². The van der Waals surface area contributed by atoms with Gasteiger partial charge in [0.25, 0.3) is 0 Å². The summed E-state index contributed by atoms with van der Waals surface area (Å²) in [5, 5.41) is 0. The molecule has 0 aromatic heterocycles. The third kappa shape index (κ3) is 3.74. The SMILES string of the molecule is C=C(C)/C=C\OC1CCC(C(=C)C=O)C1. The van der Waals surface area contributed by atoms with Crippen LogP contribution in [0.3, 0.4) is 0 Å². The van der Waals surface area contributed by atoms with Gasteiger partial charge in [0.1, 0.15) is 6.29 Å². The maximum absolute atomic E-state index is 10.5. The minimum atomic E-state index is 0.224. The number of allylic oxidation sites excluding steroid dienone is 3. The largest absolute Gasteiger partial charge is 0.498 e. The van der Waals surface area contributed by atoms with E-state index in [2.05, 4.69) is 13.2 Å². The van der Waals surface area contributed by atoms with Crippen LogP contribution in [-0.2, 0) is 9.53 Å². The highest BCUT2D eigenvalue weighted by Gasteiger charge is 2.26. The molecule has 0 aromatic carbocycles. The normalized spacial score (nSPS) is 25.4. The smallest absolute Gasteiger partial charge is 0.145 e. The fraction of sp³-hybridized carbons (Fsp3) is 0.462. The van der Waals surface area contributed by atoms with E-state index >= 15 is 0 Å². The number of carbonyl (C=O) groups excluding carboxylic acids is 1. The van der Waals surface area contributed by atoms with Crippen LogP contribution in [0.15, 0.2) is 36.6 Å². The summed E-state index contributed by atoms with van der Waals surface area (Å²) in [5.74, 6) is 0.311. The Balaban J connectivity index is 2.33. The number of rotatable bonds is 5. The second-order valence-corrected chi connectivity index (χ2v) is 4.11. The molecular formula is C13H18O2. The molecule has 2 atom stereocenters. The predicted octanol–water partition coefficient (Wildman–Crippen LogP) is 3.02. The van der Waals surface area contributed by atoms with Gasteiger partial charge >= 0.3 is 0 Å². The van der Waals surface area contributed by atoms with Gasteiger partial charge < -0.3 is 4.74 Å². The van der Waals surface area contributed by atoms with Gasteiger partial charge in [-0.1, -0.05) is 18.7 Å². The minimum Gasteiger partial charge on any atom is -0.498 e. The van der Waals surface area contributed by atoms with E-state index in [0.717, 1.165) is 31.1 Å². The lowest BCUT2D eigenvalue weighted by Gasteiger charge is -2.10. The third-order valence-corrected chi connectivity index (χ3v) is 2.68. The molecule has 2 nitrogen and oxygen atoms in total. The van der Waals surface area contributed by atoms with E-state index in [-0.39, 0.29) is 6.10 Å². The second-order valence-electron chi connectivity index (χ2n) is 4.11. The summed E-state index contributed by atoms with van der Waals surface area (Å²) >= 11 is 0. The lowest BCUT2D eigenvalue weighted by atomic mass is 10.0. The lowest BCUT2D eigenvalue weighted by molar-refractivity contribution is -0.105. The van der Waals surface area contributed by atoms with Crippen molar-refractivity contribution in [1.29, 1.82) is 0 Å². The van der Waals surface area contributed by atoms with Gasteiger partial charge in [-0.2, -0.15) is 0 Å². The second kappa shape index (κ2) is 5.54. The maximum Gasteiger partial charge on any atom is 0.145 e. The molecule has 2 unspecified atom stereocenters. The highest BCUT2D eigenvalue weighted by atomic mass is 16.5. The Hall–Kier alpha value is -1.31. The summed E-state index contributed by atoms with van der Waals surface area (Å²) < 4.78 is 5.54. The first kappa shape index (κ1) is 11.8. The van der Waals surface area contributed by atoms with Crippen LogP contribution in [0.4, 0.5) is 0 Å². The lowest BCUT2D eigenvalue weighted by Crippen LogP contribution is -2.05. The summed E-state index contributed by atoms with van der Waals surface area (Å²) in [7, 11) is 0. The van der Waals surface area contributed by atoms with Crippen molar-refractivity contribution in [2.75, 3.05) is 0 Å². The molecule has 1 fully saturated rings. The Morgan fingerprint density at radius 1 is 1.40 bits per heavy atom. The summed E-state index contributed by atoms with van der Waals surface area (Å²) in [5.41, 5.74) is 1.67. The van der Waals surface area contributed by atoms with Crippen LogP contribution in [0.2, 0.25) is 0 Å². The van der Waals surface area contributed by atoms with Crippen LogP contribution >= 0.6 is 0 Å². The molecule has 82 valence electrons. The highest BCUT2D eigenvalue weighted by Crippen LogP contribution is 2.31. The van der Waals surface area contributed by atoms with Gasteiger partial charge in [0.15, 0.2) is 0 Å². The quantitative estimate of drug-likeness (QED) is 0.299. The fourth-order valence-corrected chi connectivity index (χ4v) is 1.76. The number of carbonyl (C=O) groups is 1. The van der Waals surface area contributed by atoms with Crippen molar-refractivity contribution >= 4 is 6.29 Å². The van der Waals surface area contributed by atoms with Crippen molar-refractivity contribution in [2.24, 2.45) is 5.92 Å². The Morgan fingerprint density at radius 3 is 2.73 bits per heavy atom. The van der Waals surface area contributed by atoms with Crippen molar-refractivity contribution in [3.05, 3.63) is 36.6 Å². The molecule has 0 aliphatic heterocycles. The van der Waals surface area contributed by atoms with E-state index in [4.69, 9.17) is 4.74 Å². The molecule has 0 N–H and O–H groups in total. The molecule has 0 bridgehead atoms. The molecule has 0 radical (unpaired) electrons. The fourth-order valence-electron chi connectivity index (χ4n) is 1.76. The topological polar surface area (TPSA) is 26.3 Å². The third-order valence-electron chi connectivity index (χ3n) is 2.68. The molecule has 1 aliphatic rings. The first-order valence-corrected chi connectivity index (χ1v) is 5.25. The van der Waals surface area contributed by atoms with E-state index in [1.807, 2.05) is 13.0 Å². The van der Waals surface area contributed by atoms with Gasteiger partial charge in [0.2, 0.25) is 0 Å². The van der Waals surface area contributed by atoms with E-state index < -0.39 is 0 Å². The zero-order valence-corrected chi connectivity index (χ0v) is 9.24. The Bertz CT molecular complexity index is 289. The molecule has 2 heteroatoms. The van der Waals surface area contributed by atoms with E-state index in [1.54, 1.807) is 6.26 Å². The van der Waals surface area contributed by atoms with Crippen molar-refractivity contribution in [3.8, 4) is 0 Å².